The first-order chi connectivity index (χ1) is 24.5. The normalized spacial score (nSPS) is 59.2. The van der Waals surface area contributed by atoms with E-state index in [4.69, 9.17) is 18.9 Å². The van der Waals surface area contributed by atoms with Gasteiger partial charge < -0.3 is 54.7 Å². The van der Waals surface area contributed by atoms with Gasteiger partial charge >= 0.3 is 0 Å². The summed E-state index contributed by atoms with van der Waals surface area (Å²) in [6, 6.07) is 0. The Hall–Kier alpha value is -0.770. The van der Waals surface area contributed by atoms with E-state index in [1.165, 1.54) is 0 Å². The van der Waals surface area contributed by atoms with Crippen LogP contribution < -0.4 is 0 Å². The summed E-state index contributed by atoms with van der Waals surface area (Å²) < 4.78 is 24.4. The summed E-state index contributed by atoms with van der Waals surface area (Å²) in [5.74, 6) is 0.322. The smallest absolute Gasteiger partial charge is 0.187 e. The first-order valence-corrected chi connectivity index (χ1v) is 20.3. The van der Waals surface area contributed by atoms with Crippen LogP contribution in [0.5, 0.6) is 0 Å². The second-order valence-corrected chi connectivity index (χ2v) is 20.5. The van der Waals surface area contributed by atoms with Crippen molar-refractivity contribution in [3.05, 3.63) is 0 Å². The molecule has 5 aliphatic carbocycles. The topological polar surface area (TPSA) is 196 Å². The molecule has 0 amide bonds. The molecule has 53 heavy (non-hydrogen) atoms. The minimum Gasteiger partial charge on any atom is -0.393 e. The van der Waals surface area contributed by atoms with Gasteiger partial charge in [0, 0.05) is 11.3 Å². The average Bonchev–Trinajstić information content (AvgIpc) is 3.36. The van der Waals surface area contributed by atoms with Crippen LogP contribution in [0.15, 0.2) is 0 Å². The molecule has 7 N–H and O–H groups in total. The lowest BCUT2D eigenvalue weighted by atomic mass is 9.31. The standard InChI is InChI=1S/C41H68O12/c1-19-27(46)29(48)30(49)34(51-19)53-31-28(47)23(45)18-50-35(31)52-26-11-12-38(6)24(36(26,3)4)10-13-40(8)25(38)16-21(43)33-39(7)15-14-37(5,20(2)42)32(39)22(44)17-41(33,40)9/h19,21-35,43-49H,10-18H2,1-9H3. The molecule has 12 nitrogen and oxygen atoms in total. The average molecular weight is 753 g/mol. The summed E-state index contributed by atoms with van der Waals surface area (Å²) in [7, 11) is 0. The van der Waals surface area contributed by atoms with Crippen molar-refractivity contribution in [3.63, 3.8) is 0 Å². The van der Waals surface area contributed by atoms with Gasteiger partial charge in [0.15, 0.2) is 12.6 Å². The van der Waals surface area contributed by atoms with Crippen LogP contribution in [0, 0.1) is 56.2 Å². The number of ketones is 1. The number of aliphatic hydroxyl groups excluding tert-OH is 7. The zero-order valence-electron chi connectivity index (χ0n) is 33.3. The Morgan fingerprint density at radius 2 is 1.34 bits per heavy atom. The monoisotopic (exact) mass is 752 g/mol. The van der Waals surface area contributed by atoms with Crippen molar-refractivity contribution in [2.24, 2.45) is 56.2 Å². The predicted molar refractivity (Wildman–Crippen MR) is 192 cm³/mol. The minimum absolute atomic E-state index is 0.0279. The molecule has 21 atom stereocenters. The van der Waals surface area contributed by atoms with Crippen molar-refractivity contribution < 1.29 is 59.5 Å². The van der Waals surface area contributed by atoms with Crippen LogP contribution in [0.4, 0.5) is 0 Å². The molecule has 7 fully saturated rings. The first kappa shape index (κ1) is 40.4. The van der Waals surface area contributed by atoms with Crippen molar-refractivity contribution in [1.82, 2.24) is 0 Å². The Morgan fingerprint density at radius 3 is 2.00 bits per heavy atom. The Balaban J connectivity index is 1.13. The molecule has 0 spiro atoms. The molecule has 5 saturated carbocycles. The van der Waals surface area contributed by atoms with E-state index in [0.717, 1.165) is 32.1 Å². The van der Waals surface area contributed by atoms with E-state index in [1.807, 2.05) is 6.92 Å². The van der Waals surface area contributed by atoms with Gasteiger partial charge in [-0.2, -0.15) is 0 Å². The summed E-state index contributed by atoms with van der Waals surface area (Å²) >= 11 is 0. The largest absolute Gasteiger partial charge is 0.393 e. The van der Waals surface area contributed by atoms with E-state index in [1.54, 1.807) is 13.8 Å². The number of rotatable bonds is 5. The molecule has 7 rings (SSSR count). The Morgan fingerprint density at radius 1 is 0.660 bits per heavy atom. The number of aliphatic hydroxyl groups is 7. The highest BCUT2D eigenvalue weighted by molar-refractivity contribution is 5.83. The number of carbonyl (C=O) groups is 1. The van der Waals surface area contributed by atoms with Crippen LogP contribution in [0.25, 0.3) is 0 Å². The van der Waals surface area contributed by atoms with Crippen LogP contribution in [0.3, 0.4) is 0 Å². The third-order valence-corrected chi connectivity index (χ3v) is 17.8. The molecule has 0 aromatic heterocycles. The summed E-state index contributed by atoms with van der Waals surface area (Å²) in [5, 5.41) is 77.3. The highest BCUT2D eigenvalue weighted by Crippen LogP contribution is 2.78. The zero-order valence-corrected chi connectivity index (χ0v) is 33.3. The van der Waals surface area contributed by atoms with Crippen LogP contribution in [-0.2, 0) is 23.7 Å². The molecule has 7 aliphatic rings. The molecule has 2 saturated heterocycles. The van der Waals surface area contributed by atoms with E-state index in [0.29, 0.717) is 19.3 Å². The fourth-order valence-corrected chi connectivity index (χ4v) is 14.9. The molecule has 0 bridgehead atoms. The van der Waals surface area contributed by atoms with Gasteiger partial charge in [-0.15, -0.1) is 0 Å². The Kier molecular flexibility index (Phi) is 10.0. The first-order valence-electron chi connectivity index (χ1n) is 20.3. The SMILES string of the molecule is CC(=O)C1(C)CCC2(C)C1C(O)CC1(C)C2C(O)CC2C3(C)CCC(OC4OCC(O)C(O)C4OC4OC(C)C(O)C(O)C4O)C(C)(C)C3CCC21C. The summed E-state index contributed by atoms with van der Waals surface area (Å²) in [5.41, 5.74) is -1.96. The zero-order chi connectivity index (χ0) is 39.0. The Labute approximate surface area is 314 Å². The van der Waals surface area contributed by atoms with Gasteiger partial charge in [0.2, 0.25) is 0 Å². The number of hydrogen-bond donors (Lipinski definition) is 7. The highest BCUT2D eigenvalue weighted by Gasteiger charge is 2.75. The third kappa shape index (κ3) is 5.58. The quantitative estimate of drug-likeness (QED) is 0.203. The van der Waals surface area contributed by atoms with E-state index < -0.39 is 72.9 Å². The van der Waals surface area contributed by atoms with Gasteiger partial charge in [0.25, 0.3) is 0 Å². The fourth-order valence-electron chi connectivity index (χ4n) is 14.9. The number of Topliss-reactive ketones (excluding diaryl/α,β-unsaturated/α-hetero) is 1. The van der Waals surface area contributed by atoms with Crippen LogP contribution in [0.2, 0.25) is 0 Å². The van der Waals surface area contributed by atoms with Crippen molar-refractivity contribution in [3.8, 4) is 0 Å². The number of ether oxygens (including phenoxy) is 4. The molecular weight excluding hydrogens is 684 g/mol. The predicted octanol–water partition coefficient (Wildman–Crippen LogP) is 2.68. The van der Waals surface area contributed by atoms with E-state index in [2.05, 4.69) is 41.5 Å². The maximum atomic E-state index is 13.1. The summed E-state index contributed by atoms with van der Waals surface area (Å²) in [6.07, 6.45) is -7.07. The molecule has 0 radical (unpaired) electrons. The molecular formula is C41H68O12. The third-order valence-electron chi connectivity index (χ3n) is 17.8. The summed E-state index contributed by atoms with van der Waals surface area (Å²) in [6.45, 7) is 18.9. The second-order valence-electron chi connectivity index (χ2n) is 20.5. The van der Waals surface area contributed by atoms with Gasteiger partial charge in [-0.1, -0.05) is 48.5 Å². The number of fused-ring (bicyclic) bond motifs is 7. The van der Waals surface area contributed by atoms with Crippen molar-refractivity contribution in [2.45, 2.75) is 187 Å². The Bertz CT molecular complexity index is 1410. The molecule has 0 aromatic rings. The van der Waals surface area contributed by atoms with Gasteiger partial charge in [-0.05, 0) is 110 Å². The van der Waals surface area contributed by atoms with Gasteiger partial charge in [-0.3, -0.25) is 4.79 Å². The lowest BCUT2D eigenvalue weighted by molar-refractivity contribution is -0.365. The summed E-state index contributed by atoms with van der Waals surface area (Å²) in [4.78, 5) is 13.1. The highest BCUT2D eigenvalue weighted by atomic mass is 16.8. The van der Waals surface area contributed by atoms with Crippen LogP contribution in [0.1, 0.15) is 114 Å². The van der Waals surface area contributed by atoms with Crippen molar-refractivity contribution in [2.75, 3.05) is 6.61 Å². The van der Waals surface area contributed by atoms with E-state index >= 15 is 0 Å². The molecule has 304 valence electrons. The maximum absolute atomic E-state index is 13.1. The van der Waals surface area contributed by atoms with Crippen molar-refractivity contribution >= 4 is 5.78 Å². The number of hydrogen-bond acceptors (Lipinski definition) is 12. The minimum atomic E-state index is -1.60. The van der Waals surface area contributed by atoms with Crippen LogP contribution >= 0.6 is 0 Å². The fraction of sp³-hybridized carbons (Fsp3) is 0.976. The molecule has 2 aliphatic heterocycles. The molecule has 2 heterocycles. The maximum Gasteiger partial charge on any atom is 0.187 e. The lowest BCUT2D eigenvalue weighted by Gasteiger charge is -2.74. The molecule has 0 aromatic carbocycles. The van der Waals surface area contributed by atoms with E-state index in [-0.39, 0.29) is 69.2 Å². The van der Waals surface area contributed by atoms with Gasteiger partial charge in [0.05, 0.1) is 31.0 Å². The molecule has 21 unspecified atom stereocenters. The number of carbonyl (C=O) groups excluding carboxylic acids is 1. The lowest BCUT2D eigenvalue weighted by Crippen LogP contribution is -2.72. The van der Waals surface area contributed by atoms with Crippen molar-refractivity contribution in [1.29, 1.82) is 0 Å². The van der Waals surface area contributed by atoms with Crippen LogP contribution in [-0.4, -0.2) is 122 Å². The van der Waals surface area contributed by atoms with E-state index in [9.17, 15) is 40.5 Å². The molecule has 12 heteroatoms. The van der Waals surface area contributed by atoms with Gasteiger partial charge in [-0.25, -0.2) is 0 Å². The van der Waals surface area contributed by atoms with Gasteiger partial charge in [0.1, 0.15) is 42.4 Å². The second kappa shape index (κ2) is 13.1.